The van der Waals surface area contributed by atoms with Gasteiger partial charge in [0.15, 0.2) is 11.6 Å². The molecule has 0 aliphatic rings. The Hall–Kier alpha value is -1.60. The molecule has 0 aliphatic heterocycles. The van der Waals surface area contributed by atoms with E-state index in [2.05, 4.69) is 15.3 Å². The zero-order valence-electron chi connectivity index (χ0n) is 14.3. The van der Waals surface area contributed by atoms with E-state index >= 15 is 0 Å². The molecule has 0 aromatic carbocycles. The molecular weight excluding hydrogens is 332 g/mol. The standard InChI is InChI=1S/C16H27ClN4O3/c1-11(14(17)23)6-4-3-5-7-12(8-9-22)20-15-13(24-2)10-19-16(18)21-15/h10-12,22H,3-9H2,1-2H3,(H3,18,19,20,21)/t11?,12-/m0/s1. The van der Waals surface area contributed by atoms with Crippen molar-refractivity contribution in [3.63, 3.8) is 0 Å². The van der Waals surface area contributed by atoms with Crippen LogP contribution in [0.15, 0.2) is 6.20 Å². The van der Waals surface area contributed by atoms with Gasteiger partial charge in [-0.15, -0.1) is 0 Å². The number of carbonyl (C=O) groups is 1. The van der Waals surface area contributed by atoms with Crippen molar-refractivity contribution in [3.05, 3.63) is 6.20 Å². The number of nitrogen functional groups attached to an aromatic ring is 1. The molecule has 0 spiro atoms. The van der Waals surface area contributed by atoms with Gasteiger partial charge in [0.05, 0.1) is 13.3 Å². The lowest BCUT2D eigenvalue weighted by molar-refractivity contribution is -0.114. The largest absolute Gasteiger partial charge is 0.491 e. The van der Waals surface area contributed by atoms with Crippen LogP contribution in [0.3, 0.4) is 0 Å². The molecule has 1 rings (SSSR count). The predicted molar refractivity (Wildman–Crippen MR) is 95.2 cm³/mol. The summed E-state index contributed by atoms with van der Waals surface area (Å²) in [7, 11) is 1.54. The molecule has 0 aliphatic carbocycles. The van der Waals surface area contributed by atoms with Crippen molar-refractivity contribution >= 4 is 28.6 Å². The van der Waals surface area contributed by atoms with E-state index in [4.69, 9.17) is 22.1 Å². The second-order valence-corrected chi connectivity index (χ2v) is 6.21. The maximum atomic E-state index is 11.0. The molecule has 0 bridgehead atoms. The van der Waals surface area contributed by atoms with E-state index in [1.807, 2.05) is 6.92 Å². The maximum Gasteiger partial charge on any atom is 0.224 e. The number of aliphatic hydroxyl groups is 1. The van der Waals surface area contributed by atoms with Gasteiger partial charge in [-0.05, 0) is 30.9 Å². The smallest absolute Gasteiger partial charge is 0.224 e. The number of aromatic nitrogens is 2. The van der Waals surface area contributed by atoms with E-state index < -0.39 is 0 Å². The number of nitrogens with two attached hydrogens (primary N) is 1. The first kappa shape index (κ1) is 20.4. The lowest BCUT2D eigenvalue weighted by Gasteiger charge is -2.20. The summed E-state index contributed by atoms with van der Waals surface area (Å²) >= 11 is 5.45. The first-order valence-corrected chi connectivity index (χ1v) is 8.59. The summed E-state index contributed by atoms with van der Waals surface area (Å²) in [6.07, 6.45) is 6.72. The van der Waals surface area contributed by atoms with E-state index in [-0.39, 0.29) is 29.8 Å². The van der Waals surface area contributed by atoms with Crippen LogP contribution >= 0.6 is 11.6 Å². The SMILES string of the molecule is COc1cnc(N)nc1N[C@H](CCO)CCCCCC(C)C(=O)Cl. The number of hydrogen-bond acceptors (Lipinski definition) is 7. The molecule has 0 fully saturated rings. The fourth-order valence-corrected chi connectivity index (χ4v) is 2.52. The molecule has 0 saturated carbocycles. The highest BCUT2D eigenvalue weighted by Crippen LogP contribution is 2.23. The van der Waals surface area contributed by atoms with Crippen LogP contribution in [-0.4, -0.2) is 40.1 Å². The Morgan fingerprint density at radius 2 is 2.08 bits per heavy atom. The van der Waals surface area contributed by atoms with Crippen LogP contribution in [0.2, 0.25) is 0 Å². The predicted octanol–water partition coefficient (Wildman–Crippen LogP) is 2.58. The first-order chi connectivity index (χ1) is 11.5. The van der Waals surface area contributed by atoms with Crippen LogP contribution in [0, 0.1) is 5.92 Å². The zero-order valence-corrected chi connectivity index (χ0v) is 15.1. The Morgan fingerprint density at radius 1 is 1.38 bits per heavy atom. The average molecular weight is 359 g/mol. The van der Waals surface area contributed by atoms with Crippen molar-refractivity contribution < 1.29 is 14.6 Å². The number of aliphatic hydroxyl groups excluding tert-OH is 1. The van der Waals surface area contributed by atoms with Crippen LogP contribution in [0.25, 0.3) is 0 Å². The highest BCUT2D eigenvalue weighted by Gasteiger charge is 2.14. The monoisotopic (exact) mass is 358 g/mol. The average Bonchev–Trinajstić information content (AvgIpc) is 2.54. The Labute approximate surface area is 148 Å². The quantitative estimate of drug-likeness (QED) is 0.389. The number of methoxy groups -OCH3 is 1. The van der Waals surface area contributed by atoms with Gasteiger partial charge in [-0.1, -0.05) is 26.2 Å². The van der Waals surface area contributed by atoms with Gasteiger partial charge in [-0.2, -0.15) is 4.98 Å². The van der Waals surface area contributed by atoms with Crippen molar-refractivity contribution in [2.24, 2.45) is 5.92 Å². The molecule has 0 radical (unpaired) electrons. The number of carbonyl (C=O) groups excluding carboxylic acids is 1. The molecular formula is C16H27ClN4O3. The van der Waals surface area contributed by atoms with E-state index in [9.17, 15) is 9.90 Å². The number of unbranched alkanes of at least 4 members (excludes halogenated alkanes) is 2. The summed E-state index contributed by atoms with van der Waals surface area (Å²) in [5, 5.41) is 12.2. The number of ether oxygens (including phenoxy) is 1. The van der Waals surface area contributed by atoms with Crippen molar-refractivity contribution in [1.29, 1.82) is 0 Å². The normalized spacial score (nSPS) is 13.3. The summed E-state index contributed by atoms with van der Waals surface area (Å²) in [4.78, 5) is 19.0. The molecule has 7 nitrogen and oxygen atoms in total. The minimum Gasteiger partial charge on any atom is -0.491 e. The molecule has 1 unspecified atom stereocenters. The van der Waals surface area contributed by atoms with Crippen molar-refractivity contribution in [2.45, 2.75) is 51.5 Å². The Balaban J connectivity index is 2.47. The van der Waals surface area contributed by atoms with E-state index in [1.165, 1.54) is 6.20 Å². The van der Waals surface area contributed by atoms with Gasteiger partial charge in [0.2, 0.25) is 11.2 Å². The second-order valence-electron chi connectivity index (χ2n) is 5.84. The van der Waals surface area contributed by atoms with Gasteiger partial charge in [-0.3, -0.25) is 4.79 Å². The Morgan fingerprint density at radius 3 is 2.71 bits per heavy atom. The minimum absolute atomic E-state index is 0.0604. The van der Waals surface area contributed by atoms with Gasteiger partial charge >= 0.3 is 0 Å². The topological polar surface area (TPSA) is 110 Å². The Bertz CT molecular complexity index is 516. The zero-order chi connectivity index (χ0) is 17.9. The third kappa shape index (κ3) is 7.31. The molecule has 4 N–H and O–H groups in total. The van der Waals surface area contributed by atoms with Crippen molar-refractivity contribution in [3.8, 4) is 5.75 Å². The second kappa shape index (κ2) is 11.0. The molecule has 136 valence electrons. The van der Waals surface area contributed by atoms with Gasteiger partial charge in [0.25, 0.3) is 0 Å². The fraction of sp³-hybridized carbons (Fsp3) is 0.688. The van der Waals surface area contributed by atoms with Crippen molar-refractivity contribution in [1.82, 2.24) is 9.97 Å². The molecule has 1 aromatic rings. The maximum absolute atomic E-state index is 11.0. The van der Waals surface area contributed by atoms with Gasteiger partial charge in [-0.25, -0.2) is 4.98 Å². The number of rotatable bonds is 12. The van der Waals surface area contributed by atoms with Gasteiger partial charge < -0.3 is 20.9 Å². The minimum atomic E-state index is -0.275. The number of nitrogens with one attached hydrogen (secondary N) is 1. The van der Waals surface area contributed by atoms with E-state index in [1.54, 1.807) is 7.11 Å². The summed E-state index contributed by atoms with van der Waals surface area (Å²) in [5.41, 5.74) is 5.62. The summed E-state index contributed by atoms with van der Waals surface area (Å²) < 4.78 is 5.22. The lowest BCUT2D eigenvalue weighted by Crippen LogP contribution is -2.22. The number of hydrogen-bond donors (Lipinski definition) is 3. The highest BCUT2D eigenvalue weighted by molar-refractivity contribution is 6.63. The van der Waals surface area contributed by atoms with E-state index in [0.29, 0.717) is 18.0 Å². The van der Waals surface area contributed by atoms with Gasteiger partial charge in [0.1, 0.15) is 0 Å². The van der Waals surface area contributed by atoms with Crippen LogP contribution < -0.4 is 15.8 Å². The lowest BCUT2D eigenvalue weighted by atomic mass is 10.0. The number of anilines is 2. The molecule has 8 heteroatoms. The molecule has 2 atom stereocenters. The van der Waals surface area contributed by atoms with Crippen LogP contribution in [0.4, 0.5) is 11.8 Å². The molecule has 0 saturated heterocycles. The fourth-order valence-electron chi connectivity index (χ4n) is 2.41. The summed E-state index contributed by atoms with van der Waals surface area (Å²) in [5.74, 6) is 1.12. The highest BCUT2D eigenvalue weighted by atomic mass is 35.5. The third-order valence-electron chi connectivity index (χ3n) is 3.89. The van der Waals surface area contributed by atoms with Crippen LogP contribution in [0.1, 0.15) is 45.4 Å². The molecule has 0 amide bonds. The van der Waals surface area contributed by atoms with Gasteiger partial charge in [0, 0.05) is 18.6 Å². The first-order valence-electron chi connectivity index (χ1n) is 8.21. The van der Waals surface area contributed by atoms with Crippen molar-refractivity contribution in [2.75, 3.05) is 24.8 Å². The molecule has 24 heavy (non-hydrogen) atoms. The number of nitrogens with zero attached hydrogens (tertiary/aromatic N) is 2. The number of halogens is 1. The van der Waals surface area contributed by atoms with Crippen LogP contribution in [0.5, 0.6) is 5.75 Å². The van der Waals surface area contributed by atoms with Crippen LogP contribution in [-0.2, 0) is 4.79 Å². The summed E-state index contributed by atoms with van der Waals surface area (Å²) in [6, 6.07) is 0.0604. The Kier molecular flexibility index (Phi) is 9.41. The van der Waals surface area contributed by atoms with E-state index in [0.717, 1.165) is 32.1 Å². The molecule has 1 heterocycles. The molecule has 1 aromatic heterocycles. The third-order valence-corrected chi connectivity index (χ3v) is 4.26. The summed E-state index contributed by atoms with van der Waals surface area (Å²) in [6.45, 7) is 1.93.